The maximum atomic E-state index is 9.31. The van der Waals surface area contributed by atoms with Gasteiger partial charge in [-0.2, -0.15) is 0 Å². The smallest absolute Gasteiger partial charge is 0.135 e. The van der Waals surface area contributed by atoms with Crippen LogP contribution in [0.1, 0.15) is 32.2 Å². The lowest BCUT2D eigenvalue weighted by molar-refractivity contribution is 0.249. The molecule has 1 aromatic heterocycles. The summed E-state index contributed by atoms with van der Waals surface area (Å²) in [6.45, 7) is 8.04. The molecule has 0 saturated carbocycles. The molecule has 0 unspecified atom stereocenters. The highest BCUT2D eigenvalue weighted by molar-refractivity contribution is 5.55. The number of aliphatic hydroxyl groups excluding tert-OH is 1. The second-order valence-electron chi connectivity index (χ2n) is 4.53. The number of aliphatic hydroxyl groups is 1. The van der Waals surface area contributed by atoms with Crippen molar-refractivity contribution in [3.63, 3.8) is 0 Å². The third-order valence-electron chi connectivity index (χ3n) is 2.87. The number of nitrogen functional groups attached to an aromatic ring is 1. The van der Waals surface area contributed by atoms with Crippen LogP contribution < -0.4 is 11.1 Å². The minimum absolute atomic E-state index is 0.0206. The van der Waals surface area contributed by atoms with E-state index in [1.54, 1.807) is 0 Å². The van der Waals surface area contributed by atoms with Gasteiger partial charge < -0.3 is 16.2 Å². The van der Waals surface area contributed by atoms with E-state index in [4.69, 9.17) is 5.73 Å². The summed E-state index contributed by atoms with van der Waals surface area (Å²) in [5, 5.41) is 12.5. The molecule has 0 spiro atoms. The summed E-state index contributed by atoms with van der Waals surface area (Å²) < 4.78 is 0. The van der Waals surface area contributed by atoms with E-state index in [-0.39, 0.29) is 12.6 Å². The number of nitrogens with zero attached hydrogens (tertiary/aromatic N) is 2. The topological polar surface area (TPSA) is 84.1 Å². The lowest BCUT2D eigenvalue weighted by Crippen LogP contribution is -2.30. The van der Waals surface area contributed by atoms with Crippen LogP contribution in [0.3, 0.4) is 0 Å². The van der Waals surface area contributed by atoms with E-state index in [0.717, 1.165) is 23.6 Å². The number of aryl methyl sites for hydroxylation is 1. The number of anilines is 2. The van der Waals surface area contributed by atoms with Crippen molar-refractivity contribution in [2.24, 2.45) is 5.92 Å². The molecule has 0 amide bonds. The number of hydrogen-bond donors (Lipinski definition) is 3. The van der Waals surface area contributed by atoms with E-state index >= 15 is 0 Å². The Morgan fingerprint density at radius 3 is 2.47 bits per heavy atom. The zero-order valence-electron chi connectivity index (χ0n) is 11.0. The molecule has 4 N–H and O–H groups in total. The summed E-state index contributed by atoms with van der Waals surface area (Å²) in [4.78, 5) is 8.60. The minimum atomic E-state index is -0.0206. The lowest BCUT2D eigenvalue weighted by atomic mass is 10.1. The van der Waals surface area contributed by atoms with E-state index in [9.17, 15) is 5.11 Å². The molecule has 1 rings (SSSR count). The van der Waals surface area contributed by atoms with Crippen molar-refractivity contribution in [2.45, 2.75) is 40.2 Å². The zero-order chi connectivity index (χ0) is 13.0. The summed E-state index contributed by atoms with van der Waals surface area (Å²) in [5.41, 5.74) is 6.67. The summed E-state index contributed by atoms with van der Waals surface area (Å²) in [5.74, 6) is 2.26. The van der Waals surface area contributed by atoms with E-state index in [2.05, 4.69) is 29.1 Å². The van der Waals surface area contributed by atoms with Gasteiger partial charge in [-0.3, -0.25) is 0 Å². The Labute approximate surface area is 102 Å². The molecule has 0 aromatic carbocycles. The molecule has 0 aliphatic rings. The van der Waals surface area contributed by atoms with Crippen molar-refractivity contribution in [1.82, 2.24) is 9.97 Å². The van der Waals surface area contributed by atoms with Gasteiger partial charge in [0.05, 0.1) is 12.6 Å². The van der Waals surface area contributed by atoms with Gasteiger partial charge in [-0.25, -0.2) is 9.97 Å². The van der Waals surface area contributed by atoms with Crippen LogP contribution in [-0.2, 0) is 6.42 Å². The fourth-order valence-corrected chi connectivity index (χ4v) is 1.48. The van der Waals surface area contributed by atoms with Gasteiger partial charge in [0, 0.05) is 12.0 Å². The molecule has 0 saturated heterocycles. The Morgan fingerprint density at radius 2 is 2.00 bits per heavy atom. The van der Waals surface area contributed by atoms with Crippen molar-refractivity contribution >= 4 is 11.6 Å². The van der Waals surface area contributed by atoms with Crippen LogP contribution in [0.15, 0.2) is 0 Å². The largest absolute Gasteiger partial charge is 0.394 e. The fourth-order valence-electron chi connectivity index (χ4n) is 1.48. The Bertz CT molecular complexity index is 379. The molecular formula is C12H22N4O. The van der Waals surface area contributed by atoms with E-state index in [1.165, 1.54) is 0 Å². The molecule has 0 aliphatic heterocycles. The third-order valence-corrected chi connectivity index (χ3v) is 2.87. The van der Waals surface area contributed by atoms with Crippen LogP contribution in [0.25, 0.3) is 0 Å². The van der Waals surface area contributed by atoms with Gasteiger partial charge >= 0.3 is 0 Å². The molecule has 5 nitrogen and oxygen atoms in total. The monoisotopic (exact) mass is 238 g/mol. The van der Waals surface area contributed by atoms with Crippen LogP contribution >= 0.6 is 0 Å². The summed E-state index contributed by atoms with van der Waals surface area (Å²) >= 11 is 0. The summed E-state index contributed by atoms with van der Waals surface area (Å²) in [7, 11) is 0. The second-order valence-corrected chi connectivity index (χ2v) is 4.53. The first kappa shape index (κ1) is 13.7. The average molecular weight is 238 g/mol. The van der Waals surface area contributed by atoms with Gasteiger partial charge in [-0.05, 0) is 12.8 Å². The molecule has 5 heteroatoms. The molecule has 0 bridgehead atoms. The Hall–Kier alpha value is -1.36. The van der Waals surface area contributed by atoms with Crippen LogP contribution in [0.5, 0.6) is 0 Å². The Kier molecular flexibility index (Phi) is 4.69. The molecule has 0 fully saturated rings. The maximum absolute atomic E-state index is 9.31. The normalized spacial score (nSPS) is 12.8. The molecule has 1 atom stereocenters. The molecule has 0 radical (unpaired) electrons. The first-order chi connectivity index (χ1) is 7.99. The molecule has 0 aliphatic carbocycles. The first-order valence-electron chi connectivity index (χ1n) is 5.99. The highest BCUT2D eigenvalue weighted by Gasteiger charge is 2.15. The van der Waals surface area contributed by atoms with Gasteiger partial charge in [-0.15, -0.1) is 0 Å². The summed E-state index contributed by atoms with van der Waals surface area (Å²) in [6.07, 6.45) is 0.741. The number of nitrogens with two attached hydrogens (primary N) is 1. The van der Waals surface area contributed by atoms with Gasteiger partial charge in [0.25, 0.3) is 0 Å². The number of aromatic nitrogens is 2. The highest BCUT2D eigenvalue weighted by Crippen LogP contribution is 2.19. The van der Waals surface area contributed by atoms with Crippen molar-refractivity contribution in [2.75, 3.05) is 17.7 Å². The number of rotatable bonds is 5. The van der Waals surface area contributed by atoms with Crippen molar-refractivity contribution in [3.05, 3.63) is 11.4 Å². The standard InChI is InChI=1S/C12H22N4O/c1-5-10-15-11(13)8(4)12(16-10)14-9(6-17)7(2)3/h7,9,17H,5-6H2,1-4H3,(H3,13,14,15,16)/t9-/m1/s1. The van der Waals surface area contributed by atoms with Crippen molar-refractivity contribution in [3.8, 4) is 0 Å². The second kappa shape index (κ2) is 5.82. The predicted octanol–water partition coefficient (Wildman–Crippen LogP) is 1.36. The maximum Gasteiger partial charge on any atom is 0.135 e. The molecule has 17 heavy (non-hydrogen) atoms. The average Bonchev–Trinajstić information content (AvgIpc) is 2.30. The van der Waals surface area contributed by atoms with Crippen LogP contribution in [0, 0.1) is 12.8 Å². The SMILES string of the molecule is CCc1nc(N)c(C)c(N[C@H](CO)C(C)C)n1. The molecule has 1 heterocycles. The minimum Gasteiger partial charge on any atom is -0.394 e. The van der Waals surface area contributed by atoms with Crippen LogP contribution in [0.2, 0.25) is 0 Å². The lowest BCUT2D eigenvalue weighted by Gasteiger charge is -2.22. The first-order valence-corrected chi connectivity index (χ1v) is 5.99. The Balaban J connectivity index is 3.00. The quantitative estimate of drug-likeness (QED) is 0.721. The van der Waals surface area contributed by atoms with Crippen molar-refractivity contribution in [1.29, 1.82) is 0 Å². The van der Waals surface area contributed by atoms with E-state index in [0.29, 0.717) is 11.7 Å². The van der Waals surface area contributed by atoms with Crippen molar-refractivity contribution < 1.29 is 5.11 Å². The fraction of sp³-hybridized carbons (Fsp3) is 0.667. The van der Waals surface area contributed by atoms with E-state index in [1.807, 2.05) is 13.8 Å². The van der Waals surface area contributed by atoms with Gasteiger partial charge in [0.2, 0.25) is 0 Å². The number of nitrogens with one attached hydrogen (secondary N) is 1. The third kappa shape index (κ3) is 3.30. The highest BCUT2D eigenvalue weighted by atomic mass is 16.3. The Morgan fingerprint density at radius 1 is 1.35 bits per heavy atom. The summed E-state index contributed by atoms with van der Waals surface area (Å²) in [6, 6.07) is -0.0206. The van der Waals surface area contributed by atoms with Crippen LogP contribution in [-0.4, -0.2) is 27.7 Å². The molecular weight excluding hydrogens is 216 g/mol. The number of hydrogen-bond acceptors (Lipinski definition) is 5. The molecule has 1 aromatic rings. The van der Waals surface area contributed by atoms with Gasteiger partial charge in [0.15, 0.2) is 0 Å². The van der Waals surface area contributed by atoms with Crippen LogP contribution in [0.4, 0.5) is 11.6 Å². The van der Waals surface area contributed by atoms with E-state index < -0.39 is 0 Å². The molecule has 96 valence electrons. The predicted molar refractivity (Wildman–Crippen MR) is 69.9 cm³/mol. The van der Waals surface area contributed by atoms with Gasteiger partial charge in [-0.1, -0.05) is 20.8 Å². The van der Waals surface area contributed by atoms with Gasteiger partial charge in [0.1, 0.15) is 17.5 Å². The zero-order valence-corrected chi connectivity index (χ0v) is 11.0.